The van der Waals surface area contributed by atoms with Gasteiger partial charge in [-0.15, -0.1) is 0 Å². The molecule has 0 saturated carbocycles. The molecule has 0 unspecified atom stereocenters. The number of imide groups is 1. The number of carbonyl (C=O) groups excluding carboxylic acids is 4. The van der Waals surface area contributed by atoms with E-state index in [1.807, 2.05) is 19.1 Å². The van der Waals surface area contributed by atoms with Crippen molar-refractivity contribution in [1.82, 2.24) is 10.0 Å². The molecule has 0 radical (unpaired) electrons. The van der Waals surface area contributed by atoms with Gasteiger partial charge in [0.15, 0.2) is 5.78 Å². The average Bonchev–Trinajstić information content (AvgIpc) is 3.03. The molecule has 1 saturated heterocycles. The van der Waals surface area contributed by atoms with Crippen LogP contribution in [0.4, 0.5) is 4.39 Å². The Hall–Kier alpha value is -3.32. The van der Waals surface area contributed by atoms with Crippen LogP contribution in [0.3, 0.4) is 0 Å². The summed E-state index contributed by atoms with van der Waals surface area (Å²) < 4.78 is 13.3. The molecular weight excluding hydrogens is 435 g/mol. The van der Waals surface area contributed by atoms with Gasteiger partial charge >= 0.3 is 0 Å². The number of amides is 3. The van der Waals surface area contributed by atoms with E-state index in [0.717, 1.165) is 22.2 Å². The molecule has 0 spiro atoms. The summed E-state index contributed by atoms with van der Waals surface area (Å²) in [5, 5.41) is 2.12. The van der Waals surface area contributed by atoms with E-state index < -0.39 is 47.7 Å². The number of hydrogen-bond donors (Lipinski definition) is 0. The van der Waals surface area contributed by atoms with Crippen molar-refractivity contribution in [3.8, 4) is 0 Å². The van der Waals surface area contributed by atoms with Gasteiger partial charge in [-0.1, -0.05) is 30.7 Å². The molecule has 4 rings (SSSR count). The summed E-state index contributed by atoms with van der Waals surface area (Å²) >= 11 is 5.91. The van der Waals surface area contributed by atoms with Gasteiger partial charge in [-0.25, -0.2) is 9.40 Å². The van der Waals surface area contributed by atoms with Gasteiger partial charge in [0.2, 0.25) is 0 Å². The maximum Gasteiger partial charge on any atom is 0.273 e. The van der Waals surface area contributed by atoms with Crippen LogP contribution in [0.2, 0.25) is 5.02 Å². The third-order valence-corrected chi connectivity index (χ3v) is 6.13. The van der Waals surface area contributed by atoms with Crippen molar-refractivity contribution in [3.05, 3.63) is 82.6 Å². The molecule has 0 aromatic heterocycles. The number of rotatable bonds is 5. The largest absolute Gasteiger partial charge is 0.292 e. The fraction of sp³-hybridized carbons (Fsp3) is 0.250. The smallest absolute Gasteiger partial charge is 0.273 e. The molecule has 164 valence electrons. The van der Waals surface area contributed by atoms with Crippen molar-refractivity contribution in [1.29, 1.82) is 0 Å². The highest BCUT2D eigenvalue weighted by molar-refractivity contribution is 6.30. The number of halogens is 2. The van der Waals surface area contributed by atoms with Crippen molar-refractivity contribution >= 4 is 35.1 Å². The molecule has 0 N–H and O–H groups in total. The summed E-state index contributed by atoms with van der Waals surface area (Å²) in [6, 6.07) is 10.8. The molecule has 2 aromatic carbocycles. The third kappa shape index (κ3) is 3.96. The molecule has 2 aromatic rings. The van der Waals surface area contributed by atoms with Crippen LogP contribution in [0.5, 0.6) is 0 Å². The van der Waals surface area contributed by atoms with Gasteiger partial charge in [-0.05, 0) is 60.9 Å². The summed E-state index contributed by atoms with van der Waals surface area (Å²) in [6.45, 7) is 1.29. The molecule has 6 nitrogen and oxygen atoms in total. The van der Waals surface area contributed by atoms with Crippen LogP contribution in [-0.2, 0) is 9.59 Å². The Morgan fingerprint density at radius 3 is 2.28 bits per heavy atom. The fourth-order valence-corrected chi connectivity index (χ4v) is 4.33. The van der Waals surface area contributed by atoms with E-state index in [9.17, 15) is 23.6 Å². The van der Waals surface area contributed by atoms with Crippen molar-refractivity contribution < 1.29 is 23.6 Å². The lowest BCUT2D eigenvalue weighted by molar-refractivity contribution is -0.154. The number of allylic oxidation sites excluding steroid dienone is 2. The first-order valence-corrected chi connectivity index (χ1v) is 10.6. The number of carbonyl (C=O) groups is 4. The second-order valence-electron chi connectivity index (χ2n) is 7.94. The van der Waals surface area contributed by atoms with Crippen LogP contribution in [0.25, 0.3) is 0 Å². The van der Waals surface area contributed by atoms with E-state index in [2.05, 4.69) is 0 Å². The first-order valence-electron chi connectivity index (χ1n) is 10.2. The number of hydrogen-bond acceptors (Lipinski definition) is 4. The van der Waals surface area contributed by atoms with Gasteiger partial charge in [0.1, 0.15) is 12.4 Å². The van der Waals surface area contributed by atoms with Crippen molar-refractivity contribution in [2.75, 3.05) is 6.54 Å². The number of benzene rings is 2. The maximum atomic E-state index is 13.4. The zero-order valence-corrected chi connectivity index (χ0v) is 18.0. The highest BCUT2D eigenvalue weighted by Gasteiger charge is 2.53. The summed E-state index contributed by atoms with van der Waals surface area (Å²) in [5.41, 5.74) is 0.329. The molecule has 1 heterocycles. The zero-order valence-electron chi connectivity index (χ0n) is 17.2. The van der Waals surface area contributed by atoms with Gasteiger partial charge in [0.05, 0.1) is 11.8 Å². The SMILES string of the molecule is C[C@@H]1C=CC[C@H]2C(=O)N(N(CC(=O)c3ccc(F)cc3)C(=O)c3ccc(Cl)cc3)C(=O)[C@@H]12. The molecule has 32 heavy (non-hydrogen) atoms. The first kappa shape index (κ1) is 21.9. The van der Waals surface area contributed by atoms with Crippen molar-refractivity contribution in [2.45, 2.75) is 13.3 Å². The minimum absolute atomic E-state index is 0.159. The highest BCUT2D eigenvalue weighted by atomic mass is 35.5. The fourth-order valence-electron chi connectivity index (χ4n) is 4.21. The second kappa shape index (κ2) is 8.67. The van der Waals surface area contributed by atoms with Gasteiger partial charge in [0.25, 0.3) is 17.7 Å². The number of hydrazine groups is 1. The number of nitrogens with zero attached hydrogens (tertiary/aromatic N) is 2. The van der Waals surface area contributed by atoms with Crippen LogP contribution in [-0.4, -0.2) is 40.1 Å². The van der Waals surface area contributed by atoms with Gasteiger partial charge in [-0.3, -0.25) is 19.2 Å². The topological polar surface area (TPSA) is 74.8 Å². The molecular formula is C24H20ClFN2O4. The van der Waals surface area contributed by atoms with Gasteiger partial charge < -0.3 is 0 Å². The minimum Gasteiger partial charge on any atom is -0.292 e. The van der Waals surface area contributed by atoms with Crippen molar-refractivity contribution in [2.24, 2.45) is 17.8 Å². The molecule has 3 amide bonds. The minimum atomic E-state index is -0.682. The summed E-state index contributed by atoms with van der Waals surface area (Å²) in [4.78, 5) is 52.7. The molecule has 1 aliphatic heterocycles. The monoisotopic (exact) mass is 454 g/mol. The van der Waals surface area contributed by atoms with E-state index in [1.54, 1.807) is 0 Å². The lowest BCUT2D eigenvalue weighted by Crippen LogP contribution is -2.52. The lowest BCUT2D eigenvalue weighted by atomic mass is 9.78. The Morgan fingerprint density at radius 1 is 1.03 bits per heavy atom. The Labute approximate surface area is 189 Å². The molecule has 8 heteroatoms. The maximum absolute atomic E-state index is 13.4. The Balaban J connectivity index is 1.70. The first-order chi connectivity index (χ1) is 15.3. The average molecular weight is 455 g/mol. The summed E-state index contributed by atoms with van der Waals surface area (Å²) in [6.07, 6.45) is 4.13. The van der Waals surface area contributed by atoms with Gasteiger partial charge in [0, 0.05) is 16.1 Å². The van der Waals surface area contributed by atoms with E-state index >= 15 is 0 Å². The predicted octanol–water partition coefficient (Wildman–Crippen LogP) is 3.92. The third-order valence-electron chi connectivity index (χ3n) is 5.88. The number of ketones is 1. The normalized spacial score (nSPS) is 22.1. The summed E-state index contributed by atoms with van der Waals surface area (Å²) in [7, 11) is 0. The quantitative estimate of drug-likeness (QED) is 0.390. The standard InChI is InChI=1S/C24H20ClFN2O4/c1-14-3-2-4-19-21(14)24(32)28(23(19)31)27(22(30)16-5-9-17(25)10-6-16)13-20(29)15-7-11-18(26)12-8-15/h2-3,5-12,14,19,21H,4,13H2,1H3/t14-,19-,21+/m1/s1. The van der Waals surface area contributed by atoms with E-state index in [1.165, 1.54) is 36.4 Å². The van der Waals surface area contributed by atoms with Crippen LogP contribution >= 0.6 is 11.6 Å². The van der Waals surface area contributed by atoms with Gasteiger partial charge in [-0.2, -0.15) is 5.01 Å². The van der Waals surface area contributed by atoms with E-state index in [-0.39, 0.29) is 17.0 Å². The molecule has 0 bridgehead atoms. The van der Waals surface area contributed by atoms with Crippen molar-refractivity contribution in [3.63, 3.8) is 0 Å². The Bertz CT molecular complexity index is 1110. The number of fused-ring (bicyclic) bond motifs is 1. The highest BCUT2D eigenvalue weighted by Crippen LogP contribution is 2.39. The van der Waals surface area contributed by atoms with Crippen LogP contribution in [0, 0.1) is 23.6 Å². The summed E-state index contributed by atoms with van der Waals surface area (Å²) in [5.74, 6) is -4.08. The van der Waals surface area contributed by atoms with E-state index in [4.69, 9.17) is 11.6 Å². The molecule has 2 aliphatic rings. The number of Topliss-reactive ketones (excluding diaryl/α,β-unsaturated/α-hetero) is 1. The second-order valence-corrected chi connectivity index (χ2v) is 8.38. The Kier molecular flexibility index (Phi) is 5.93. The molecule has 1 aliphatic carbocycles. The van der Waals surface area contributed by atoms with Crippen LogP contribution in [0.1, 0.15) is 34.1 Å². The molecule has 1 fully saturated rings. The zero-order chi connectivity index (χ0) is 23.0. The van der Waals surface area contributed by atoms with Crippen LogP contribution < -0.4 is 0 Å². The predicted molar refractivity (Wildman–Crippen MR) is 115 cm³/mol. The lowest BCUT2D eigenvalue weighted by Gasteiger charge is -2.30. The molecule has 3 atom stereocenters. The Morgan fingerprint density at radius 2 is 1.66 bits per heavy atom. The van der Waals surface area contributed by atoms with E-state index in [0.29, 0.717) is 11.4 Å². The van der Waals surface area contributed by atoms with Crippen LogP contribution in [0.15, 0.2) is 60.7 Å².